The Balaban J connectivity index is 2.04. The number of aromatic nitrogens is 3. The van der Waals surface area contributed by atoms with Gasteiger partial charge in [-0.2, -0.15) is 5.10 Å². The lowest BCUT2D eigenvalue weighted by Gasteiger charge is -2.13. The molecule has 0 unspecified atom stereocenters. The molecular formula is C20H23N3O3S. The number of benzene rings is 2. The van der Waals surface area contributed by atoms with Crippen molar-refractivity contribution in [2.75, 3.05) is 14.2 Å². The van der Waals surface area contributed by atoms with Crippen LogP contribution in [0.5, 0.6) is 17.2 Å². The van der Waals surface area contributed by atoms with E-state index in [1.807, 2.05) is 48.7 Å². The number of methoxy groups -OCH3 is 2. The van der Waals surface area contributed by atoms with Crippen LogP contribution in [0, 0.1) is 4.77 Å². The second-order valence-electron chi connectivity index (χ2n) is 6.59. The molecule has 0 aliphatic carbocycles. The second-order valence-corrected chi connectivity index (χ2v) is 6.97. The van der Waals surface area contributed by atoms with Gasteiger partial charge in [0.25, 0.3) is 0 Å². The van der Waals surface area contributed by atoms with Gasteiger partial charge >= 0.3 is 0 Å². The summed E-state index contributed by atoms with van der Waals surface area (Å²) in [5, 5.41) is 17.4. The minimum atomic E-state index is 0.197. The zero-order valence-corrected chi connectivity index (χ0v) is 16.6. The highest BCUT2D eigenvalue weighted by Crippen LogP contribution is 2.31. The maximum atomic E-state index is 10.1. The molecule has 7 heteroatoms. The summed E-state index contributed by atoms with van der Waals surface area (Å²) in [6.45, 7) is 4.59. The number of ether oxygens (including phenoxy) is 2. The number of aromatic amines is 1. The van der Waals surface area contributed by atoms with Crippen molar-refractivity contribution >= 4 is 12.2 Å². The van der Waals surface area contributed by atoms with E-state index in [0.29, 0.717) is 28.6 Å². The van der Waals surface area contributed by atoms with Gasteiger partial charge in [0.05, 0.1) is 20.8 Å². The van der Waals surface area contributed by atoms with Crippen molar-refractivity contribution in [1.82, 2.24) is 14.8 Å². The summed E-state index contributed by atoms with van der Waals surface area (Å²) in [6.07, 6.45) is 0. The Morgan fingerprint density at radius 1 is 1.11 bits per heavy atom. The summed E-state index contributed by atoms with van der Waals surface area (Å²) >= 11 is 5.44. The molecule has 2 N–H and O–H groups in total. The van der Waals surface area contributed by atoms with Gasteiger partial charge < -0.3 is 14.6 Å². The number of hydrogen-bond acceptors (Lipinski definition) is 5. The summed E-state index contributed by atoms with van der Waals surface area (Å²) < 4.78 is 13.1. The third-order valence-corrected chi connectivity index (χ3v) is 4.73. The summed E-state index contributed by atoms with van der Waals surface area (Å²) in [5.41, 5.74) is 2.74. The molecule has 0 fully saturated rings. The van der Waals surface area contributed by atoms with Crippen LogP contribution in [0.4, 0.5) is 0 Å². The van der Waals surface area contributed by atoms with Crippen molar-refractivity contribution in [3.05, 3.63) is 52.3 Å². The molecule has 0 atom stereocenters. The molecule has 3 rings (SSSR count). The lowest BCUT2D eigenvalue weighted by molar-refractivity contribution is 0.393. The minimum Gasteiger partial charge on any atom is -0.508 e. The quantitative estimate of drug-likeness (QED) is 0.611. The average Bonchev–Trinajstić information content (AvgIpc) is 3.02. The van der Waals surface area contributed by atoms with Gasteiger partial charge in [0.15, 0.2) is 10.6 Å². The van der Waals surface area contributed by atoms with Crippen molar-refractivity contribution < 1.29 is 14.6 Å². The zero-order chi connectivity index (χ0) is 19.6. The molecule has 142 valence electrons. The van der Waals surface area contributed by atoms with E-state index in [-0.39, 0.29) is 11.7 Å². The van der Waals surface area contributed by atoms with E-state index in [0.717, 1.165) is 16.7 Å². The molecule has 0 amide bonds. The standard InChI is InChI=1S/C20H23N3O3S/c1-12(2)17-9-14(5-6-18(17)24)19-21-22-20(27)23(19)11-13-7-15(25-3)10-16(8-13)26-4/h5-10,12,24H,11H2,1-4H3,(H,22,27). The average molecular weight is 385 g/mol. The van der Waals surface area contributed by atoms with Gasteiger partial charge in [-0.1, -0.05) is 13.8 Å². The Morgan fingerprint density at radius 2 is 1.78 bits per heavy atom. The molecule has 2 aromatic carbocycles. The number of nitrogens with zero attached hydrogens (tertiary/aromatic N) is 2. The molecule has 3 aromatic rings. The summed E-state index contributed by atoms with van der Waals surface area (Å²) in [6, 6.07) is 11.2. The van der Waals surface area contributed by atoms with Crippen LogP contribution in [0.1, 0.15) is 30.9 Å². The number of H-pyrrole nitrogens is 1. The first-order valence-electron chi connectivity index (χ1n) is 8.63. The molecule has 6 nitrogen and oxygen atoms in total. The summed E-state index contributed by atoms with van der Waals surface area (Å²) in [5.74, 6) is 2.62. The van der Waals surface area contributed by atoms with Gasteiger partial charge in [0, 0.05) is 11.6 Å². The Labute approximate surface area is 163 Å². The van der Waals surface area contributed by atoms with Gasteiger partial charge in [0.2, 0.25) is 0 Å². The van der Waals surface area contributed by atoms with Gasteiger partial charge in [-0.25, -0.2) is 0 Å². The Morgan fingerprint density at radius 3 is 2.37 bits per heavy atom. The summed E-state index contributed by atoms with van der Waals surface area (Å²) in [4.78, 5) is 0. The largest absolute Gasteiger partial charge is 0.508 e. The number of nitrogens with one attached hydrogen (secondary N) is 1. The molecular weight excluding hydrogens is 362 g/mol. The number of phenols is 1. The fourth-order valence-corrected chi connectivity index (χ4v) is 3.18. The normalized spacial score (nSPS) is 11.0. The molecule has 0 radical (unpaired) electrons. The van der Waals surface area contributed by atoms with Crippen LogP contribution >= 0.6 is 12.2 Å². The molecule has 27 heavy (non-hydrogen) atoms. The van der Waals surface area contributed by atoms with Gasteiger partial charge in [-0.05, 0) is 59.6 Å². The van der Waals surface area contributed by atoms with E-state index in [1.165, 1.54) is 0 Å². The first kappa shape index (κ1) is 19.0. The Kier molecular flexibility index (Phi) is 5.51. The van der Waals surface area contributed by atoms with Crippen molar-refractivity contribution in [2.45, 2.75) is 26.3 Å². The van der Waals surface area contributed by atoms with Crippen molar-refractivity contribution in [3.8, 4) is 28.6 Å². The van der Waals surface area contributed by atoms with E-state index in [2.05, 4.69) is 10.2 Å². The monoisotopic (exact) mass is 385 g/mol. The predicted molar refractivity (Wildman–Crippen MR) is 107 cm³/mol. The van der Waals surface area contributed by atoms with Crippen LogP contribution in [-0.2, 0) is 6.54 Å². The number of aromatic hydroxyl groups is 1. The van der Waals surface area contributed by atoms with Crippen LogP contribution in [0.15, 0.2) is 36.4 Å². The lowest BCUT2D eigenvalue weighted by atomic mass is 9.99. The van der Waals surface area contributed by atoms with Gasteiger partial charge in [0.1, 0.15) is 17.2 Å². The third-order valence-electron chi connectivity index (χ3n) is 4.42. The van der Waals surface area contributed by atoms with Gasteiger partial charge in [-0.15, -0.1) is 0 Å². The molecule has 0 spiro atoms. The summed E-state index contributed by atoms with van der Waals surface area (Å²) in [7, 11) is 3.24. The fourth-order valence-electron chi connectivity index (χ4n) is 2.98. The Hall–Kier alpha value is -2.80. The van der Waals surface area contributed by atoms with Crippen LogP contribution in [0.2, 0.25) is 0 Å². The molecule has 1 aromatic heterocycles. The van der Waals surface area contributed by atoms with Crippen LogP contribution < -0.4 is 9.47 Å². The van der Waals surface area contributed by atoms with Crippen molar-refractivity contribution in [3.63, 3.8) is 0 Å². The lowest BCUT2D eigenvalue weighted by Crippen LogP contribution is -2.04. The fraction of sp³-hybridized carbons (Fsp3) is 0.300. The van der Waals surface area contributed by atoms with Crippen molar-refractivity contribution in [1.29, 1.82) is 0 Å². The molecule has 0 aliphatic heterocycles. The second kappa shape index (κ2) is 7.84. The first-order valence-corrected chi connectivity index (χ1v) is 9.04. The van der Waals surface area contributed by atoms with Crippen LogP contribution in [0.3, 0.4) is 0 Å². The molecule has 0 aliphatic rings. The molecule has 1 heterocycles. The topological polar surface area (TPSA) is 72.3 Å². The van der Waals surface area contributed by atoms with E-state index in [9.17, 15) is 5.11 Å². The highest BCUT2D eigenvalue weighted by atomic mass is 32.1. The number of phenolic OH excluding ortho intramolecular Hbond substituents is 1. The van der Waals surface area contributed by atoms with E-state index >= 15 is 0 Å². The maximum absolute atomic E-state index is 10.1. The highest BCUT2D eigenvalue weighted by Gasteiger charge is 2.14. The van der Waals surface area contributed by atoms with Gasteiger partial charge in [-0.3, -0.25) is 9.67 Å². The highest BCUT2D eigenvalue weighted by molar-refractivity contribution is 7.71. The van der Waals surface area contributed by atoms with E-state index in [1.54, 1.807) is 20.3 Å². The van der Waals surface area contributed by atoms with Crippen LogP contribution in [-0.4, -0.2) is 34.1 Å². The SMILES string of the molecule is COc1cc(Cn2c(-c3ccc(O)c(C(C)C)c3)n[nH]c2=S)cc(OC)c1. The number of hydrogen-bond donors (Lipinski definition) is 2. The van der Waals surface area contributed by atoms with Crippen LogP contribution in [0.25, 0.3) is 11.4 Å². The smallest absolute Gasteiger partial charge is 0.195 e. The number of rotatable bonds is 6. The third kappa shape index (κ3) is 3.98. The predicted octanol–water partition coefficient (Wildman–Crippen LogP) is 4.50. The zero-order valence-electron chi connectivity index (χ0n) is 15.8. The van der Waals surface area contributed by atoms with E-state index in [4.69, 9.17) is 21.7 Å². The Bertz CT molecular complexity index is 986. The van der Waals surface area contributed by atoms with E-state index < -0.39 is 0 Å². The molecule has 0 saturated carbocycles. The minimum absolute atomic E-state index is 0.197. The molecule has 0 bridgehead atoms. The maximum Gasteiger partial charge on any atom is 0.195 e. The van der Waals surface area contributed by atoms with Crippen molar-refractivity contribution in [2.24, 2.45) is 0 Å². The first-order chi connectivity index (χ1) is 12.9. The molecule has 0 saturated heterocycles.